The fraction of sp³-hybridized carbons (Fsp3) is 0.381. The number of amides is 1. The van der Waals surface area contributed by atoms with Crippen LogP contribution in [0.25, 0.3) is 0 Å². The lowest BCUT2D eigenvalue weighted by Crippen LogP contribution is -2.28. The summed E-state index contributed by atoms with van der Waals surface area (Å²) in [7, 11) is 1.66. The fourth-order valence-corrected chi connectivity index (χ4v) is 3.29. The third-order valence-electron chi connectivity index (χ3n) is 4.77. The van der Waals surface area contributed by atoms with Crippen molar-refractivity contribution in [3.63, 3.8) is 0 Å². The van der Waals surface area contributed by atoms with E-state index in [-0.39, 0.29) is 5.91 Å². The second-order valence-corrected chi connectivity index (χ2v) is 6.52. The van der Waals surface area contributed by atoms with Crippen LogP contribution in [0, 0.1) is 0 Å². The van der Waals surface area contributed by atoms with Crippen molar-refractivity contribution < 1.29 is 9.53 Å². The van der Waals surface area contributed by atoms with Gasteiger partial charge in [0.15, 0.2) is 0 Å². The van der Waals surface area contributed by atoms with Crippen LogP contribution in [0.2, 0.25) is 0 Å². The molecule has 0 saturated carbocycles. The van der Waals surface area contributed by atoms with E-state index in [1.54, 1.807) is 7.11 Å². The molecule has 0 aliphatic carbocycles. The highest BCUT2D eigenvalue weighted by molar-refractivity contribution is 5.94. The van der Waals surface area contributed by atoms with Crippen LogP contribution in [-0.4, -0.2) is 32.7 Å². The first-order chi connectivity index (χ1) is 12.3. The molecule has 2 aromatic rings. The van der Waals surface area contributed by atoms with Gasteiger partial charge in [-0.2, -0.15) is 0 Å². The number of rotatable bonds is 6. The van der Waals surface area contributed by atoms with Gasteiger partial charge < -0.3 is 15.4 Å². The summed E-state index contributed by atoms with van der Waals surface area (Å²) in [6.45, 7) is 2.76. The van der Waals surface area contributed by atoms with E-state index in [1.165, 1.54) is 18.4 Å². The average Bonchev–Trinajstić information content (AvgIpc) is 2.69. The summed E-state index contributed by atoms with van der Waals surface area (Å²) in [6.07, 6.45) is 3.23. The predicted molar refractivity (Wildman–Crippen MR) is 100 cm³/mol. The van der Waals surface area contributed by atoms with Gasteiger partial charge in [-0.05, 0) is 67.1 Å². The molecule has 1 amide bonds. The van der Waals surface area contributed by atoms with Gasteiger partial charge in [-0.3, -0.25) is 4.79 Å². The van der Waals surface area contributed by atoms with Crippen molar-refractivity contribution in [2.45, 2.75) is 25.2 Å². The minimum Gasteiger partial charge on any atom is -0.497 e. The zero-order valence-electron chi connectivity index (χ0n) is 14.8. The zero-order valence-corrected chi connectivity index (χ0v) is 14.8. The molecule has 0 aromatic heterocycles. The minimum atomic E-state index is -0.0174. The molecule has 0 unspecified atom stereocenters. The number of methoxy groups -OCH3 is 1. The molecule has 1 atom stereocenters. The van der Waals surface area contributed by atoms with Gasteiger partial charge >= 0.3 is 0 Å². The number of benzene rings is 2. The maximum absolute atomic E-state index is 12.3. The van der Waals surface area contributed by atoms with Crippen LogP contribution >= 0.6 is 0 Å². The molecular weight excluding hydrogens is 312 g/mol. The van der Waals surface area contributed by atoms with E-state index >= 15 is 0 Å². The number of carbonyl (C=O) groups is 1. The molecular formula is C21H26N2O2. The Morgan fingerprint density at radius 1 is 1.24 bits per heavy atom. The van der Waals surface area contributed by atoms with Crippen molar-refractivity contribution in [3.05, 3.63) is 65.2 Å². The molecule has 2 aromatic carbocycles. The van der Waals surface area contributed by atoms with Gasteiger partial charge in [0.1, 0.15) is 5.75 Å². The van der Waals surface area contributed by atoms with Gasteiger partial charge in [0, 0.05) is 18.7 Å². The van der Waals surface area contributed by atoms with Crippen LogP contribution in [0.3, 0.4) is 0 Å². The summed E-state index contributed by atoms with van der Waals surface area (Å²) >= 11 is 0. The lowest BCUT2D eigenvalue weighted by molar-refractivity contribution is 0.0954. The van der Waals surface area contributed by atoms with Gasteiger partial charge in [0.2, 0.25) is 0 Å². The van der Waals surface area contributed by atoms with Crippen molar-refractivity contribution in [1.82, 2.24) is 10.6 Å². The number of hydrogen-bond donors (Lipinski definition) is 2. The Hall–Kier alpha value is -2.33. The molecule has 132 valence electrons. The summed E-state index contributed by atoms with van der Waals surface area (Å²) in [5.74, 6) is 1.40. The number of piperidine rings is 1. The molecule has 1 heterocycles. The van der Waals surface area contributed by atoms with Crippen molar-refractivity contribution >= 4 is 5.91 Å². The third-order valence-corrected chi connectivity index (χ3v) is 4.77. The maximum atomic E-state index is 12.3. The van der Waals surface area contributed by atoms with Crippen LogP contribution in [0.4, 0.5) is 0 Å². The Morgan fingerprint density at radius 2 is 2.08 bits per heavy atom. The number of ether oxygens (including phenoxy) is 1. The van der Waals surface area contributed by atoms with E-state index in [2.05, 4.69) is 22.8 Å². The number of hydrogen-bond acceptors (Lipinski definition) is 3. The summed E-state index contributed by atoms with van der Waals surface area (Å²) in [6, 6.07) is 16.0. The lowest BCUT2D eigenvalue weighted by atomic mass is 9.91. The first-order valence-corrected chi connectivity index (χ1v) is 8.98. The van der Waals surface area contributed by atoms with Crippen molar-refractivity contribution in [2.75, 3.05) is 26.7 Å². The second kappa shape index (κ2) is 8.67. The van der Waals surface area contributed by atoms with Crippen LogP contribution in [-0.2, 0) is 6.42 Å². The van der Waals surface area contributed by atoms with E-state index in [9.17, 15) is 4.79 Å². The van der Waals surface area contributed by atoms with Crippen LogP contribution in [0.5, 0.6) is 5.75 Å². The first kappa shape index (κ1) is 17.5. The molecule has 0 spiro atoms. The third kappa shape index (κ3) is 4.83. The van der Waals surface area contributed by atoms with Crippen molar-refractivity contribution in [3.8, 4) is 5.75 Å². The van der Waals surface area contributed by atoms with E-state index in [0.29, 0.717) is 12.5 Å². The molecule has 2 N–H and O–H groups in total. The summed E-state index contributed by atoms with van der Waals surface area (Å²) in [5, 5.41) is 6.43. The van der Waals surface area contributed by atoms with Crippen molar-refractivity contribution in [2.24, 2.45) is 0 Å². The SMILES string of the molecule is COc1cccc(CCNC(=O)c2ccc([C@@H]3CCCNC3)cc2)c1. The van der Waals surface area contributed by atoms with Crippen LogP contribution in [0.15, 0.2) is 48.5 Å². The fourth-order valence-electron chi connectivity index (χ4n) is 3.29. The minimum absolute atomic E-state index is 0.0174. The highest BCUT2D eigenvalue weighted by atomic mass is 16.5. The van der Waals surface area contributed by atoms with Gasteiger partial charge in [0.05, 0.1) is 7.11 Å². The molecule has 4 heteroatoms. The standard InChI is InChI=1S/C21H26N2O2/c1-25-20-6-2-4-16(14-20)11-13-23-21(24)18-9-7-17(8-10-18)19-5-3-12-22-15-19/h2,4,6-10,14,19,22H,3,5,11-13,15H2,1H3,(H,23,24)/t19-/m1/s1. The molecule has 1 fully saturated rings. The lowest BCUT2D eigenvalue weighted by Gasteiger charge is -2.23. The largest absolute Gasteiger partial charge is 0.497 e. The highest BCUT2D eigenvalue weighted by Crippen LogP contribution is 2.23. The highest BCUT2D eigenvalue weighted by Gasteiger charge is 2.15. The molecule has 25 heavy (non-hydrogen) atoms. The maximum Gasteiger partial charge on any atom is 0.251 e. The van der Waals surface area contributed by atoms with Gasteiger partial charge in [-0.25, -0.2) is 0 Å². The van der Waals surface area contributed by atoms with E-state index in [0.717, 1.165) is 36.4 Å². The number of carbonyl (C=O) groups excluding carboxylic acids is 1. The van der Waals surface area contributed by atoms with Gasteiger partial charge in [0.25, 0.3) is 5.91 Å². The summed E-state index contributed by atoms with van der Waals surface area (Å²) in [4.78, 5) is 12.3. The first-order valence-electron chi connectivity index (χ1n) is 8.98. The molecule has 1 aliphatic rings. The van der Waals surface area contributed by atoms with Gasteiger partial charge in [-0.1, -0.05) is 24.3 Å². The van der Waals surface area contributed by atoms with Crippen molar-refractivity contribution in [1.29, 1.82) is 0 Å². The van der Waals surface area contributed by atoms with Crippen LogP contribution in [0.1, 0.15) is 40.2 Å². The van der Waals surface area contributed by atoms with Crippen LogP contribution < -0.4 is 15.4 Å². The normalized spacial score (nSPS) is 17.1. The molecule has 0 bridgehead atoms. The molecule has 0 radical (unpaired) electrons. The monoisotopic (exact) mass is 338 g/mol. The Morgan fingerprint density at radius 3 is 2.80 bits per heavy atom. The summed E-state index contributed by atoms with van der Waals surface area (Å²) < 4.78 is 5.22. The summed E-state index contributed by atoms with van der Waals surface area (Å²) in [5.41, 5.74) is 3.19. The van der Waals surface area contributed by atoms with E-state index < -0.39 is 0 Å². The van der Waals surface area contributed by atoms with E-state index in [1.807, 2.05) is 36.4 Å². The Labute approximate surface area is 149 Å². The quantitative estimate of drug-likeness (QED) is 0.851. The topological polar surface area (TPSA) is 50.4 Å². The zero-order chi connectivity index (χ0) is 17.5. The average molecular weight is 338 g/mol. The van der Waals surface area contributed by atoms with Gasteiger partial charge in [-0.15, -0.1) is 0 Å². The Bertz CT molecular complexity index is 691. The Balaban J connectivity index is 1.50. The molecule has 3 rings (SSSR count). The number of nitrogens with one attached hydrogen (secondary N) is 2. The smallest absolute Gasteiger partial charge is 0.251 e. The second-order valence-electron chi connectivity index (χ2n) is 6.52. The predicted octanol–water partition coefficient (Wildman–Crippen LogP) is 3.13. The molecule has 1 saturated heterocycles. The van der Waals surface area contributed by atoms with E-state index in [4.69, 9.17) is 4.74 Å². The molecule has 4 nitrogen and oxygen atoms in total. The molecule has 1 aliphatic heterocycles. The Kier molecular flexibility index (Phi) is 6.07.